The molecular weight excluding hydrogens is 228 g/mol. The summed E-state index contributed by atoms with van der Waals surface area (Å²) in [5.74, 6) is 6.70. The van der Waals surface area contributed by atoms with E-state index in [4.69, 9.17) is 6.42 Å². The normalized spacial score (nSPS) is 12.0. The second kappa shape index (κ2) is 11.5. The van der Waals surface area contributed by atoms with Crippen LogP contribution in [0.15, 0.2) is 24.3 Å². The topological polar surface area (TPSA) is 60.4 Å². The van der Waals surface area contributed by atoms with Crippen LogP contribution < -0.4 is 5.11 Å². The molecule has 0 spiro atoms. The summed E-state index contributed by atoms with van der Waals surface area (Å²) in [6.07, 6.45) is 13.7. The molecule has 0 amide bonds. The van der Waals surface area contributed by atoms with Crippen LogP contribution in [0.3, 0.4) is 0 Å². The number of aliphatic hydroxyl groups excluding tert-OH is 1. The first-order valence-electron chi connectivity index (χ1n) is 5.81. The Bertz CT molecular complexity index is 388. The highest BCUT2D eigenvalue weighted by Gasteiger charge is 1.97. The van der Waals surface area contributed by atoms with Gasteiger partial charge < -0.3 is 15.0 Å². The van der Waals surface area contributed by atoms with E-state index in [1.54, 1.807) is 12.2 Å². The summed E-state index contributed by atoms with van der Waals surface area (Å²) in [4.78, 5) is 10.1. The van der Waals surface area contributed by atoms with Gasteiger partial charge >= 0.3 is 0 Å². The first kappa shape index (κ1) is 16.0. The number of allylic oxidation sites excluding steroid dienone is 4. The number of terminal acetylenes is 1. The maximum Gasteiger partial charge on any atom is 0.115 e. The van der Waals surface area contributed by atoms with Gasteiger partial charge in [-0.2, -0.15) is 0 Å². The van der Waals surface area contributed by atoms with Crippen LogP contribution in [0.1, 0.15) is 32.1 Å². The number of aliphatic hydroxyl groups is 1. The Kier molecular flexibility index (Phi) is 10.3. The molecule has 0 aromatic carbocycles. The van der Waals surface area contributed by atoms with Gasteiger partial charge in [0.25, 0.3) is 0 Å². The molecule has 0 unspecified atom stereocenters. The van der Waals surface area contributed by atoms with Gasteiger partial charge in [-0.3, -0.25) is 0 Å². The Morgan fingerprint density at radius 2 is 2.22 bits per heavy atom. The summed E-state index contributed by atoms with van der Waals surface area (Å²) < 4.78 is 0. The minimum Gasteiger partial charge on any atom is -0.550 e. The molecule has 0 rings (SSSR count). The van der Waals surface area contributed by atoms with Gasteiger partial charge in [0.1, 0.15) is 6.10 Å². The fourth-order valence-corrected chi connectivity index (χ4v) is 1.10. The first-order chi connectivity index (χ1) is 8.66. The van der Waals surface area contributed by atoms with Gasteiger partial charge in [-0.05, 0) is 31.8 Å². The molecule has 1 N–H and O–H groups in total. The fraction of sp³-hybridized carbons (Fsp3) is 0.400. The summed E-state index contributed by atoms with van der Waals surface area (Å²) >= 11 is 0. The van der Waals surface area contributed by atoms with Gasteiger partial charge in [0.05, 0.1) is 0 Å². The smallest absolute Gasteiger partial charge is 0.115 e. The maximum atomic E-state index is 10.1. The molecule has 3 nitrogen and oxygen atoms in total. The summed E-state index contributed by atoms with van der Waals surface area (Å²) in [6, 6.07) is 0. The quantitative estimate of drug-likeness (QED) is 0.410. The second-order valence-corrected chi connectivity index (χ2v) is 3.60. The van der Waals surface area contributed by atoms with Gasteiger partial charge in [0, 0.05) is 12.4 Å². The molecule has 0 aliphatic heterocycles. The number of unbranched alkanes of at least 4 members (excludes halogenated alkanes) is 1. The predicted molar refractivity (Wildman–Crippen MR) is 69.0 cm³/mol. The Hall–Kier alpha value is -1.97. The highest BCUT2D eigenvalue weighted by Crippen LogP contribution is 1.98. The fourth-order valence-electron chi connectivity index (χ4n) is 1.10. The lowest BCUT2D eigenvalue weighted by atomic mass is 10.1. The van der Waals surface area contributed by atoms with Crippen molar-refractivity contribution in [3.63, 3.8) is 0 Å². The number of hydrogen-bond acceptors (Lipinski definition) is 3. The number of carboxylic acids is 1. The van der Waals surface area contributed by atoms with E-state index in [2.05, 4.69) is 17.8 Å². The molecule has 0 heterocycles. The zero-order valence-corrected chi connectivity index (χ0v) is 10.3. The van der Waals surface area contributed by atoms with Crippen molar-refractivity contribution in [1.82, 2.24) is 0 Å². The molecule has 0 bridgehead atoms. The van der Waals surface area contributed by atoms with Gasteiger partial charge in [0.2, 0.25) is 0 Å². The van der Waals surface area contributed by atoms with E-state index in [0.717, 1.165) is 6.42 Å². The van der Waals surface area contributed by atoms with Crippen molar-refractivity contribution in [3.05, 3.63) is 24.3 Å². The van der Waals surface area contributed by atoms with Crippen LogP contribution in [0.25, 0.3) is 0 Å². The number of carboxylic acid groups (broad SMARTS) is 1. The van der Waals surface area contributed by atoms with Crippen LogP contribution >= 0.6 is 0 Å². The Balaban J connectivity index is 3.75. The molecule has 0 aromatic rings. The summed E-state index contributed by atoms with van der Waals surface area (Å²) in [7, 11) is 0. The molecule has 0 saturated carbocycles. The van der Waals surface area contributed by atoms with E-state index < -0.39 is 12.1 Å². The molecular formula is C15H17O3-. The summed E-state index contributed by atoms with van der Waals surface area (Å²) in [5, 5.41) is 19.5. The molecule has 0 aromatic heterocycles. The van der Waals surface area contributed by atoms with Crippen LogP contribution in [-0.2, 0) is 4.79 Å². The van der Waals surface area contributed by atoms with Crippen molar-refractivity contribution in [2.24, 2.45) is 0 Å². The van der Waals surface area contributed by atoms with Crippen molar-refractivity contribution in [1.29, 1.82) is 0 Å². The summed E-state index contributed by atoms with van der Waals surface area (Å²) in [5.41, 5.74) is 0. The average Bonchev–Trinajstić information content (AvgIpc) is 2.32. The van der Waals surface area contributed by atoms with E-state index in [-0.39, 0.29) is 6.42 Å². The first-order valence-corrected chi connectivity index (χ1v) is 5.81. The van der Waals surface area contributed by atoms with Crippen molar-refractivity contribution >= 4 is 5.97 Å². The van der Waals surface area contributed by atoms with Gasteiger partial charge in [-0.25, -0.2) is 0 Å². The lowest BCUT2D eigenvalue weighted by Gasteiger charge is -2.03. The molecule has 1 atom stereocenters. The molecule has 0 aliphatic rings. The van der Waals surface area contributed by atoms with E-state index in [1.807, 2.05) is 12.2 Å². The highest BCUT2D eigenvalue weighted by atomic mass is 16.4. The van der Waals surface area contributed by atoms with Crippen molar-refractivity contribution in [3.8, 4) is 24.2 Å². The Labute approximate surface area is 108 Å². The Morgan fingerprint density at radius 1 is 1.44 bits per heavy atom. The molecule has 96 valence electrons. The van der Waals surface area contributed by atoms with E-state index >= 15 is 0 Å². The van der Waals surface area contributed by atoms with Gasteiger partial charge in [-0.15, -0.1) is 12.3 Å². The number of carbonyl (C=O) groups excluding carboxylic acids is 1. The number of aliphatic carboxylic acids is 1. The highest BCUT2D eigenvalue weighted by molar-refractivity contribution is 5.64. The lowest BCUT2D eigenvalue weighted by molar-refractivity contribution is -0.305. The average molecular weight is 245 g/mol. The van der Waals surface area contributed by atoms with E-state index in [9.17, 15) is 15.0 Å². The van der Waals surface area contributed by atoms with Crippen LogP contribution in [0.2, 0.25) is 0 Å². The lowest BCUT2D eigenvalue weighted by Crippen LogP contribution is -2.22. The minimum absolute atomic E-state index is 0.0491. The number of hydrogen-bond donors (Lipinski definition) is 1. The molecule has 0 saturated heterocycles. The van der Waals surface area contributed by atoms with Crippen LogP contribution in [0, 0.1) is 24.2 Å². The van der Waals surface area contributed by atoms with Crippen LogP contribution in [0.5, 0.6) is 0 Å². The third-order valence-corrected chi connectivity index (χ3v) is 1.99. The van der Waals surface area contributed by atoms with Gasteiger partial charge in [0.15, 0.2) is 0 Å². The van der Waals surface area contributed by atoms with E-state index in [1.165, 1.54) is 0 Å². The van der Waals surface area contributed by atoms with Crippen molar-refractivity contribution < 1.29 is 15.0 Å². The van der Waals surface area contributed by atoms with Gasteiger partial charge in [-0.1, -0.05) is 30.1 Å². The maximum absolute atomic E-state index is 10.1. The minimum atomic E-state index is -1.10. The summed E-state index contributed by atoms with van der Waals surface area (Å²) in [6.45, 7) is 0. The number of carbonyl (C=O) groups is 1. The predicted octanol–water partition coefficient (Wildman–Crippen LogP) is 0.797. The largest absolute Gasteiger partial charge is 0.550 e. The third-order valence-electron chi connectivity index (χ3n) is 1.99. The monoisotopic (exact) mass is 245 g/mol. The van der Waals surface area contributed by atoms with Crippen LogP contribution in [0.4, 0.5) is 0 Å². The molecule has 0 radical (unpaired) electrons. The standard InChI is InChI=1S/C15H18O3/c1-2-3-4-5-6-7-8-9-11-14(16)12-10-13-15(17)18/h1,5-8,14,16H,3-4,10,12-13H2,(H,17,18)/p-1/b6-5+,8-7+/t14-/m1/s1. The van der Waals surface area contributed by atoms with Crippen molar-refractivity contribution in [2.75, 3.05) is 0 Å². The Morgan fingerprint density at radius 3 is 2.89 bits per heavy atom. The molecule has 0 fully saturated rings. The third kappa shape index (κ3) is 12.1. The molecule has 18 heavy (non-hydrogen) atoms. The molecule has 0 aliphatic carbocycles. The van der Waals surface area contributed by atoms with Crippen molar-refractivity contribution in [2.45, 2.75) is 38.2 Å². The van der Waals surface area contributed by atoms with Crippen LogP contribution in [-0.4, -0.2) is 17.2 Å². The second-order valence-electron chi connectivity index (χ2n) is 3.60. The zero-order valence-electron chi connectivity index (χ0n) is 10.3. The zero-order chi connectivity index (χ0) is 13.6. The molecule has 3 heteroatoms. The number of rotatable bonds is 7. The van der Waals surface area contributed by atoms with E-state index in [0.29, 0.717) is 19.3 Å². The SMILES string of the molecule is C#CCC/C=C/C=C/C#C[C@@H](O)CCCC(=O)[O-].